The Labute approximate surface area is 165 Å². The van der Waals surface area contributed by atoms with Gasteiger partial charge in [0.2, 0.25) is 0 Å². The van der Waals surface area contributed by atoms with Crippen LogP contribution >= 0.6 is 0 Å². The van der Waals surface area contributed by atoms with E-state index in [-0.39, 0.29) is 12.2 Å². The van der Waals surface area contributed by atoms with E-state index in [4.69, 9.17) is 4.74 Å². The average Bonchev–Trinajstić information content (AvgIpc) is 2.75. The van der Waals surface area contributed by atoms with Crippen molar-refractivity contribution in [1.29, 1.82) is 5.26 Å². The molecule has 1 atom stereocenters. The first kappa shape index (κ1) is 19.9. The van der Waals surface area contributed by atoms with E-state index in [1.807, 2.05) is 24.3 Å². The van der Waals surface area contributed by atoms with Gasteiger partial charge in [0.1, 0.15) is 18.2 Å². The van der Waals surface area contributed by atoms with Crippen LogP contribution in [0.4, 0.5) is 5.69 Å². The highest BCUT2D eigenvalue weighted by atomic mass is 16.5. The van der Waals surface area contributed by atoms with E-state index >= 15 is 0 Å². The largest absolute Gasteiger partial charge is 0.459 e. The minimum absolute atomic E-state index is 0.0763. The van der Waals surface area contributed by atoms with Gasteiger partial charge in [-0.3, -0.25) is 0 Å². The molecule has 0 bridgehead atoms. The van der Waals surface area contributed by atoms with Gasteiger partial charge < -0.3 is 14.7 Å². The summed E-state index contributed by atoms with van der Waals surface area (Å²) < 4.78 is 5.01. The van der Waals surface area contributed by atoms with Crippen LogP contribution in [-0.2, 0) is 9.53 Å². The van der Waals surface area contributed by atoms with Gasteiger partial charge in [-0.25, -0.2) is 4.79 Å². The summed E-state index contributed by atoms with van der Waals surface area (Å²) in [7, 11) is 0. The number of hydrogen-bond donors (Lipinski definition) is 1. The number of nitriles is 1. The molecule has 0 spiro atoms. The van der Waals surface area contributed by atoms with Crippen LogP contribution in [0.3, 0.4) is 0 Å². The first-order valence-electron chi connectivity index (χ1n) is 9.86. The fraction of sp³-hybridized carbons (Fsp3) is 0.391. The lowest BCUT2D eigenvalue weighted by molar-refractivity contribution is -0.141. The lowest BCUT2D eigenvalue weighted by Gasteiger charge is -2.29. The van der Waals surface area contributed by atoms with Crippen LogP contribution in [0.25, 0.3) is 16.8 Å². The number of aliphatic hydroxyl groups excluding tert-OH is 1. The van der Waals surface area contributed by atoms with E-state index in [0.717, 1.165) is 29.4 Å². The van der Waals surface area contributed by atoms with Crippen molar-refractivity contribution in [1.82, 2.24) is 0 Å². The molecular formula is C23H26N2O3. The Hall–Kier alpha value is -2.84. The van der Waals surface area contributed by atoms with Crippen LogP contribution in [0.2, 0.25) is 0 Å². The Morgan fingerprint density at radius 3 is 2.64 bits per heavy atom. The first-order chi connectivity index (χ1) is 13.6. The Balaban J connectivity index is 1.78. The molecule has 0 saturated carbocycles. The van der Waals surface area contributed by atoms with Gasteiger partial charge in [0, 0.05) is 18.8 Å². The minimum atomic E-state index is -0.712. The topological polar surface area (TPSA) is 73.6 Å². The van der Waals surface area contributed by atoms with Gasteiger partial charge >= 0.3 is 5.97 Å². The predicted molar refractivity (Wildman–Crippen MR) is 111 cm³/mol. The van der Waals surface area contributed by atoms with Gasteiger partial charge in [0.05, 0.1) is 6.10 Å². The van der Waals surface area contributed by atoms with E-state index in [0.29, 0.717) is 6.42 Å². The zero-order chi connectivity index (χ0) is 19.9. The lowest BCUT2D eigenvalue weighted by Crippen LogP contribution is -2.29. The highest BCUT2D eigenvalue weighted by molar-refractivity contribution is 5.98. The van der Waals surface area contributed by atoms with Crippen LogP contribution < -0.4 is 4.90 Å². The second-order valence-corrected chi connectivity index (χ2v) is 7.17. The monoisotopic (exact) mass is 378 g/mol. The number of nitrogens with zero attached hydrogens (tertiary/aromatic N) is 2. The summed E-state index contributed by atoms with van der Waals surface area (Å²) in [6.45, 7) is 3.90. The maximum absolute atomic E-state index is 12.1. The van der Waals surface area contributed by atoms with Crippen molar-refractivity contribution in [3.8, 4) is 6.07 Å². The number of hydrogen-bond acceptors (Lipinski definition) is 5. The van der Waals surface area contributed by atoms with Crippen LogP contribution in [0.1, 0.15) is 38.2 Å². The van der Waals surface area contributed by atoms with Gasteiger partial charge in [-0.05, 0) is 66.3 Å². The fourth-order valence-corrected chi connectivity index (χ4v) is 3.36. The third kappa shape index (κ3) is 4.90. The maximum Gasteiger partial charge on any atom is 0.348 e. The Bertz CT molecular complexity index is 908. The molecule has 1 aliphatic rings. The average molecular weight is 378 g/mol. The second kappa shape index (κ2) is 9.38. The van der Waals surface area contributed by atoms with Gasteiger partial charge in [0.25, 0.3) is 0 Å². The molecule has 2 aromatic rings. The third-order valence-electron chi connectivity index (χ3n) is 5.10. The number of rotatable bonds is 6. The van der Waals surface area contributed by atoms with Crippen molar-refractivity contribution in [3.63, 3.8) is 0 Å². The number of anilines is 1. The van der Waals surface area contributed by atoms with Gasteiger partial charge in [-0.1, -0.05) is 25.1 Å². The molecule has 28 heavy (non-hydrogen) atoms. The molecule has 0 aromatic heterocycles. The van der Waals surface area contributed by atoms with Crippen LogP contribution in [0.15, 0.2) is 42.0 Å². The summed E-state index contributed by atoms with van der Waals surface area (Å²) in [4.78, 5) is 14.5. The van der Waals surface area contributed by atoms with Crippen molar-refractivity contribution in [2.45, 2.75) is 38.7 Å². The summed E-state index contributed by atoms with van der Waals surface area (Å²) in [5.41, 5.74) is 1.93. The summed E-state index contributed by atoms with van der Waals surface area (Å²) in [5.74, 6) is -0.712. The Kier molecular flexibility index (Phi) is 6.67. The minimum Gasteiger partial charge on any atom is -0.459 e. The summed E-state index contributed by atoms with van der Waals surface area (Å²) in [6, 6.07) is 14.2. The molecule has 146 valence electrons. The summed E-state index contributed by atoms with van der Waals surface area (Å²) >= 11 is 0. The van der Waals surface area contributed by atoms with Crippen LogP contribution in [0.5, 0.6) is 0 Å². The molecule has 5 nitrogen and oxygen atoms in total. The molecule has 1 heterocycles. The number of aliphatic hydroxyl groups is 1. The van der Waals surface area contributed by atoms with Crippen LogP contribution in [0, 0.1) is 11.3 Å². The van der Waals surface area contributed by atoms with E-state index in [1.165, 1.54) is 31.0 Å². The van der Waals surface area contributed by atoms with Crippen molar-refractivity contribution >= 4 is 28.5 Å². The van der Waals surface area contributed by atoms with Gasteiger partial charge in [0.15, 0.2) is 0 Å². The second-order valence-electron chi connectivity index (χ2n) is 7.17. The molecular weight excluding hydrogens is 352 g/mol. The number of benzene rings is 2. The van der Waals surface area contributed by atoms with E-state index < -0.39 is 12.1 Å². The van der Waals surface area contributed by atoms with Crippen molar-refractivity contribution < 1.29 is 14.6 Å². The Morgan fingerprint density at radius 1 is 1.21 bits per heavy atom. The van der Waals surface area contributed by atoms with E-state index in [9.17, 15) is 15.2 Å². The number of esters is 1. The van der Waals surface area contributed by atoms with E-state index in [2.05, 4.69) is 23.1 Å². The molecule has 2 aromatic carbocycles. The zero-order valence-corrected chi connectivity index (χ0v) is 16.2. The van der Waals surface area contributed by atoms with Crippen molar-refractivity contribution in [2.75, 3.05) is 24.6 Å². The standard InChI is InChI=1S/C23H26N2O3/c1-2-22(26)16-28-23(27)20(15-24)13-17-6-7-19-14-21(9-8-18(19)12-17)25-10-4-3-5-11-25/h6-9,12-14,22,26H,2-5,10-11,16H2,1H3/b20-13+. The molecule has 5 heteroatoms. The third-order valence-corrected chi connectivity index (χ3v) is 5.10. The number of piperidine rings is 1. The number of fused-ring (bicyclic) bond motifs is 1. The molecule has 1 saturated heterocycles. The van der Waals surface area contributed by atoms with Gasteiger partial charge in [-0.15, -0.1) is 0 Å². The molecule has 1 aliphatic heterocycles. The number of ether oxygens (including phenoxy) is 1. The predicted octanol–water partition coefficient (Wildman–Crippen LogP) is 4.05. The fourth-order valence-electron chi connectivity index (χ4n) is 3.36. The molecule has 1 unspecified atom stereocenters. The SMILES string of the molecule is CCC(O)COC(=O)/C(C#N)=C/c1ccc2cc(N3CCCCC3)ccc2c1. The molecule has 0 radical (unpaired) electrons. The number of carbonyl (C=O) groups excluding carboxylic acids is 1. The molecule has 3 rings (SSSR count). The molecule has 1 fully saturated rings. The quantitative estimate of drug-likeness (QED) is 0.466. The van der Waals surface area contributed by atoms with Crippen LogP contribution in [-0.4, -0.2) is 36.9 Å². The highest BCUT2D eigenvalue weighted by Gasteiger charge is 2.14. The molecule has 1 N–H and O–H groups in total. The number of carbonyl (C=O) groups is 1. The maximum atomic E-state index is 12.1. The highest BCUT2D eigenvalue weighted by Crippen LogP contribution is 2.26. The first-order valence-corrected chi connectivity index (χ1v) is 9.86. The Morgan fingerprint density at radius 2 is 1.93 bits per heavy atom. The smallest absolute Gasteiger partial charge is 0.348 e. The zero-order valence-electron chi connectivity index (χ0n) is 16.2. The van der Waals surface area contributed by atoms with E-state index in [1.54, 1.807) is 6.92 Å². The van der Waals surface area contributed by atoms with Crippen molar-refractivity contribution in [3.05, 3.63) is 47.5 Å². The van der Waals surface area contributed by atoms with Gasteiger partial charge in [-0.2, -0.15) is 5.26 Å². The summed E-state index contributed by atoms with van der Waals surface area (Å²) in [5, 5.41) is 21.0. The molecule has 0 aliphatic carbocycles. The lowest BCUT2D eigenvalue weighted by atomic mass is 10.0. The normalized spacial score (nSPS) is 15.9. The summed E-state index contributed by atoms with van der Waals surface area (Å²) in [6.07, 6.45) is 5.09. The molecule has 0 amide bonds. The van der Waals surface area contributed by atoms with Crippen molar-refractivity contribution in [2.24, 2.45) is 0 Å².